The summed E-state index contributed by atoms with van der Waals surface area (Å²) in [7, 11) is 3.85. The van der Waals surface area contributed by atoms with E-state index in [4.69, 9.17) is 9.47 Å². The number of rotatable bonds is 2. The average molecular weight is 437 g/mol. The molecule has 5 nitrogen and oxygen atoms in total. The number of hydrogen-bond donors (Lipinski definition) is 0. The highest BCUT2D eigenvalue weighted by molar-refractivity contribution is 5.94. The Kier molecular flexibility index (Phi) is 7.36. The van der Waals surface area contributed by atoms with Gasteiger partial charge in [-0.3, -0.25) is 4.79 Å². The predicted octanol–water partition coefficient (Wildman–Crippen LogP) is 4.65. The van der Waals surface area contributed by atoms with E-state index in [2.05, 4.69) is 36.2 Å². The van der Waals surface area contributed by atoms with E-state index in [1.54, 1.807) is 7.11 Å². The van der Waals surface area contributed by atoms with E-state index >= 15 is 0 Å². The molecule has 2 aromatic carbocycles. The number of ether oxygens (including phenoxy) is 2. The predicted molar refractivity (Wildman–Crippen MR) is 128 cm³/mol. The van der Waals surface area contributed by atoms with Crippen LogP contribution in [-0.2, 0) is 6.42 Å². The standard InChI is InChI=1S/C27H36N2O3/c1-28-19-20-32-25-9-4-3-7-22(25)8-5-6-14-27(21-28)15-17-29(18-16-27)26(30)23-10-12-24(31-2)13-11-23/h3-4,7,9-13H,5-6,8,14-21H2,1-2H3. The fourth-order valence-corrected chi connectivity index (χ4v) is 5.22. The van der Waals surface area contributed by atoms with Crippen molar-refractivity contribution < 1.29 is 14.3 Å². The number of aryl methyl sites for hydroxylation is 1. The van der Waals surface area contributed by atoms with Crippen molar-refractivity contribution in [3.05, 3.63) is 59.7 Å². The molecular formula is C27H36N2O3. The first-order valence-electron chi connectivity index (χ1n) is 11.9. The van der Waals surface area contributed by atoms with Gasteiger partial charge in [0, 0.05) is 31.7 Å². The van der Waals surface area contributed by atoms with Gasteiger partial charge in [-0.15, -0.1) is 0 Å². The van der Waals surface area contributed by atoms with Gasteiger partial charge in [0.2, 0.25) is 0 Å². The number of methoxy groups -OCH3 is 1. The van der Waals surface area contributed by atoms with E-state index < -0.39 is 0 Å². The minimum Gasteiger partial charge on any atom is -0.497 e. The largest absolute Gasteiger partial charge is 0.497 e. The van der Waals surface area contributed by atoms with Gasteiger partial charge in [0.1, 0.15) is 18.1 Å². The number of amides is 1. The zero-order chi connectivity index (χ0) is 22.4. The lowest BCUT2D eigenvalue weighted by molar-refractivity contribution is 0.0425. The smallest absolute Gasteiger partial charge is 0.253 e. The lowest BCUT2D eigenvalue weighted by atomic mass is 9.73. The Bertz CT molecular complexity index is 888. The summed E-state index contributed by atoms with van der Waals surface area (Å²) >= 11 is 0. The van der Waals surface area contributed by atoms with Crippen molar-refractivity contribution in [2.24, 2.45) is 5.41 Å². The zero-order valence-corrected chi connectivity index (χ0v) is 19.5. The molecule has 0 N–H and O–H groups in total. The molecule has 1 saturated heterocycles. The number of benzene rings is 2. The lowest BCUT2D eigenvalue weighted by Gasteiger charge is -2.44. The van der Waals surface area contributed by atoms with Gasteiger partial charge in [-0.1, -0.05) is 24.6 Å². The Morgan fingerprint density at radius 1 is 0.969 bits per heavy atom. The number of likely N-dealkylation sites (tertiary alicyclic amines) is 1. The minimum atomic E-state index is 0.133. The maximum atomic E-state index is 13.0. The summed E-state index contributed by atoms with van der Waals surface area (Å²) in [5.74, 6) is 1.96. The first kappa shape index (κ1) is 22.7. The Labute approximate surface area is 192 Å². The average Bonchev–Trinajstić information content (AvgIpc) is 2.82. The summed E-state index contributed by atoms with van der Waals surface area (Å²) in [5, 5.41) is 0. The number of carbonyl (C=O) groups is 1. The summed E-state index contributed by atoms with van der Waals surface area (Å²) in [6, 6.07) is 15.9. The maximum absolute atomic E-state index is 13.0. The normalized spacial score (nSPS) is 19.9. The Balaban J connectivity index is 1.39. The Morgan fingerprint density at radius 3 is 2.47 bits per heavy atom. The Morgan fingerprint density at radius 2 is 1.72 bits per heavy atom. The summed E-state index contributed by atoms with van der Waals surface area (Å²) in [4.78, 5) is 17.5. The van der Waals surface area contributed by atoms with Crippen LogP contribution in [0.1, 0.15) is 48.0 Å². The van der Waals surface area contributed by atoms with E-state index in [-0.39, 0.29) is 11.3 Å². The Hall–Kier alpha value is -2.53. The second-order valence-electron chi connectivity index (χ2n) is 9.42. The molecule has 4 rings (SSSR count). The number of likely N-dealkylation sites (N-methyl/N-ethyl adjacent to an activating group) is 1. The van der Waals surface area contributed by atoms with E-state index in [0.29, 0.717) is 6.61 Å². The molecule has 2 aromatic rings. The third-order valence-corrected chi connectivity index (χ3v) is 7.16. The fraction of sp³-hybridized carbons (Fsp3) is 0.519. The van der Waals surface area contributed by atoms with Crippen LogP contribution in [0.4, 0.5) is 0 Å². The van der Waals surface area contributed by atoms with Crippen LogP contribution < -0.4 is 9.47 Å². The molecule has 0 bridgehead atoms. The van der Waals surface area contributed by atoms with Crippen molar-refractivity contribution in [3.63, 3.8) is 0 Å². The van der Waals surface area contributed by atoms with Crippen LogP contribution in [0.2, 0.25) is 0 Å². The van der Waals surface area contributed by atoms with Crippen molar-refractivity contribution >= 4 is 5.91 Å². The molecule has 1 fully saturated rings. The first-order valence-corrected chi connectivity index (χ1v) is 11.9. The number of nitrogens with zero attached hydrogens (tertiary/aromatic N) is 2. The summed E-state index contributed by atoms with van der Waals surface area (Å²) in [6.07, 6.45) is 6.83. The van der Waals surface area contributed by atoms with E-state index in [9.17, 15) is 4.79 Å². The molecule has 1 amide bonds. The van der Waals surface area contributed by atoms with Crippen molar-refractivity contribution in [2.45, 2.75) is 38.5 Å². The molecule has 5 heteroatoms. The van der Waals surface area contributed by atoms with E-state index in [1.165, 1.54) is 24.8 Å². The van der Waals surface area contributed by atoms with Gasteiger partial charge in [-0.05, 0) is 80.5 Å². The zero-order valence-electron chi connectivity index (χ0n) is 19.5. The monoisotopic (exact) mass is 436 g/mol. The highest BCUT2D eigenvalue weighted by Crippen LogP contribution is 2.38. The molecule has 0 radical (unpaired) electrons. The van der Waals surface area contributed by atoms with E-state index in [1.807, 2.05) is 29.2 Å². The van der Waals surface area contributed by atoms with Crippen LogP contribution in [0.5, 0.6) is 11.5 Å². The van der Waals surface area contributed by atoms with Gasteiger partial charge in [0.25, 0.3) is 5.91 Å². The van der Waals surface area contributed by atoms with Gasteiger partial charge in [-0.25, -0.2) is 0 Å². The van der Waals surface area contributed by atoms with Crippen molar-refractivity contribution in [3.8, 4) is 11.5 Å². The van der Waals surface area contributed by atoms with Crippen LogP contribution in [0, 0.1) is 5.41 Å². The van der Waals surface area contributed by atoms with Gasteiger partial charge < -0.3 is 19.3 Å². The number of carbonyl (C=O) groups excluding carboxylic acids is 1. The molecule has 2 aliphatic rings. The second kappa shape index (κ2) is 10.4. The molecule has 0 saturated carbocycles. The van der Waals surface area contributed by atoms with E-state index in [0.717, 1.165) is 62.5 Å². The SMILES string of the molecule is COc1ccc(C(=O)N2CCC3(CCCCc4ccccc4OCCN(C)C3)CC2)cc1. The van der Waals surface area contributed by atoms with Gasteiger partial charge >= 0.3 is 0 Å². The molecule has 32 heavy (non-hydrogen) atoms. The minimum absolute atomic E-state index is 0.133. The van der Waals surface area contributed by atoms with Crippen molar-refractivity contribution in [1.29, 1.82) is 0 Å². The third kappa shape index (κ3) is 5.44. The fourth-order valence-electron chi connectivity index (χ4n) is 5.22. The molecule has 2 aliphatic heterocycles. The van der Waals surface area contributed by atoms with Crippen LogP contribution in [0.15, 0.2) is 48.5 Å². The molecular weight excluding hydrogens is 400 g/mol. The molecule has 0 atom stereocenters. The van der Waals surface area contributed by atoms with Gasteiger partial charge in [0.15, 0.2) is 0 Å². The molecule has 1 spiro atoms. The van der Waals surface area contributed by atoms with Gasteiger partial charge in [-0.2, -0.15) is 0 Å². The molecule has 2 heterocycles. The highest BCUT2D eigenvalue weighted by atomic mass is 16.5. The van der Waals surface area contributed by atoms with Gasteiger partial charge in [0.05, 0.1) is 7.11 Å². The van der Waals surface area contributed by atoms with Crippen molar-refractivity contribution in [2.75, 3.05) is 46.9 Å². The third-order valence-electron chi connectivity index (χ3n) is 7.16. The first-order chi connectivity index (χ1) is 15.6. The van der Waals surface area contributed by atoms with Crippen LogP contribution in [0.25, 0.3) is 0 Å². The second-order valence-corrected chi connectivity index (χ2v) is 9.42. The number of para-hydroxylation sites is 1. The lowest BCUT2D eigenvalue weighted by Crippen LogP contribution is -2.48. The number of fused-ring (bicyclic) bond motifs is 1. The quantitative estimate of drug-likeness (QED) is 0.687. The van der Waals surface area contributed by atoms with Crippen LogP contribution >= 0.6 is 0 Å². The summed E-state index contributed by atoms with van der Waals surface area (Å²) in [6.45, 7) is 4.37. The van der Waals surface area contributed by atoms with Crippen molar-refractivity contribution in [1.82, 2.24) is 9.80 Å². The summed E-state index contributed by atoms with van der Waals surface area (Å²) < 4.78 is 11.3. The molecule has 172 valence electrons. The van der Waals surface area contributed by atoms with Crippen LogP contribution in [-0.4, -0.2) is 62.7 Å². The topological polar surface area (TPSA) is 42.0 Å². The summed E-state index contributed by atoms with van der Waals surface area (Å²) in [5.41, 5.74) is 2.35. The molecule has 0 aromatic heterocycles. The molecule has 0 unspecified atom stereocenters. The highest BCUT2D eigenvalue weighted by Gasteiger charge is 2.36. The molecule has 0 aliphatic carbocycles. The maximum Gasteiger partial charge on any atom is 0.253 e. The number of piperidine rings is 1. The van der Waals surface area contributed by atoms with Crippen LogP contribution in [0.3, 0.4) is 0 Å². The number of hydrogen-bond acceptors (Lipinski definition) is 4.